The number of fused-ring (bicyclic) bond motifs is 62. The van der Waals surface area contributed by atoms with Crippen LogP contribution < -0.4 is 29.4 Å². The van der Waals surface area contributed by atoms with E-state index < -0.39 is 0 Å². The van der Waals surface area contributed by atoms with E-state index in [0.29, 0.717) is 0 Å². The summed E-state index contributed by atoms with van der Waals surface area (Å²) in [6.07, 6.45) is 47.1. The molecular formula is C132H96N12. The van der Waals surface area contributed by atoms with Crippen molar-refractivity contribution in [1.29, 1.82) is 0 Å². The molecule has 0 saturated heterocycles. The molecule has 0 spiro atoms. The summed E-state index contributed by atoms with van der Waals surface area (Å²) < 4.78 is 14.1. The molecule has 18 aliphatic rings. The van der Waals surface area contributed by atoms with E-state index in [-0.39, 0.29) is 36.3 Å². The largest absolute Gasteiger partial charge is 0.329 e. The van der Waals surface area contributed by atoms with Gasteiger partial charge in [0.05, 0.1) is 102 Å². The van der Waals surface area contributed by atoms with Gasteiger partial charge in [-0.25, -0.2) is 0 Å². The normalized spacial score (nSPS) is 19.5. The second-order valence-electron chi connectivity index (χ2n) is 39.7. The van der Waals surface area contributed by atoms with Gasteiger partial charge in [0.25, 0.3) is 0 Å². The number of anilines is 8. The average molecular weight is 1850 g/mol. The first kappa shape index (κ1) is 80.9. The molecular weight excluding hydrogens is 1750 g/mol. The van der Waals surface area contributed by atoms with E-state index in [4.69, 9.17) is 0 Å². The fourth-order valence-electron chi connectivity index (χ4n) is 27.1. The Labute approximate surface area is 836 Å². The fourth-order valence-corrected chi connectivity index (χ4v) is 27.1. The Bertz CT molecular complexity index is 8960. The summed E-state index contributed by atoms with van der Waals surface area (Å²) in [5.74, 6) is 0. The molecule has 684 valence electrons. The molecule has 0 saturated carbocycles. The Morgan fingerprint density at radius 1 is 0.194 bits per heavy atom. The van der Waals surface area contributed by atoms with E-state index in [0.717, 1.165) is 38.5 Å². The molecule has 12 heteroatoms. The van der Waals surface area contributed by atoms with E-state index in [2.05, 4.69) is 531 Å². The lowest BCUT2D eigenvalue weighted by Crippen LogP contribution is -2.37. The van der Waals surface area contributed by atoms with Crippen LogP contribution >= 0.6 is 0 Å². The van der Waals surface area contributed by atoms with Crippen molar-refractivity contribution in [2.75, 3.05) is 29.4 Å². The van der Waals surface area contributed by atoms with Gasteiger partial charge in [0.2, 0.25) is 0 Å². The minimum Gasteiger partial charge on any atom is -0.329 e. The predicted molar refractivity (Wildman–Crippen MR) is 585 cm³/mol. The predicted octanol–water partition coefficient (Wildman–Crippen LogP) is 31.2. The van der Waals surface area contributed by atoms with Crippen LogP contribution in [0, 0.1) is 0 Å². The van der Waals surface area contributed by atoms with Crippen molar-refractivity contribution < 1.29 is 0 Å². The van der Waals surface area contributed by atoms with Crippen LogP contribution in [-0.2, 0) is 0 Å². The molecule has 6 unspecified atom stereocenters. The lowest BCUT2D eigenvalue weighted by Gasteiger charge is -2.45. The van der Waals surface area contributed by atoms with Crippen LogP contribution in [0.4, 0.5) is 45.5 Å². The van der Waals surface area contributed by atoms with Crippen molar-refractivity contribution >= 4 is 79.1 Å². The zero-order valence-corrected chi connectivity index (χ0v) is 79.1. The monoisotopic (exact) mass is 1850 g/mol. The summed E-state index contributed by atoms with van der Waals surface area (Å²) in [4.78, 5) is 15.2. The summed E-state index contributed by atoms with van der Waals surface area (Å²) in [6, 6.07) is 134. The van der Waals surface area contributed by atoms with Crippen LogP contribution in [0.15, 0.2) is 508 Å². The van der Waals surface area contributed by atoms with Gasteiger partial charge in [0.1, 0.15) is 36.3 Å². The smallest absolute Gasteiger partial charge is 0.100 e. The highest BCUT2D eigenvalue weighted by Crippen LogP contribution is 2.63. The third-order valence-electron chi connectivity index (χ3n) is 32.7. The number of allylic oxidation sites excluding steroid dienone is 16. The minimum atomic E-state index is 0.243. The SMILES string of the molecule is C1=C2C(=CC1)C1c3cccn3-c3ccccc3N1c1ccccc12.C1=C2C(=CC1)N1c3ccccc3-n3cccc3C1c1ccccc12.C1=CC2=C(C1)N1c3ccccc3-c3ccccc3C1c1cccn12.C1=CC2=C(C1)N1c3ccccc3-n3cccc3C1c1ccccc12.C1=CC2=C(C1)c1ccccc1C1c3cccn3-c3ccccc3N21.C1=CC2=C(C1)c1ccccc1N1c3ccccc3-n3cccc3C21. The first-order chi connectivity index (χ1) is 71.6. The Balaban J connectivity index is 0.0000000788. The number of nitrogens with zero attached hydrogens (tertiary/aromatic N) is 12. The third kappa shape index (κ3) is 11.6. The zero-order chi connectivity index (χ0) is 94.0. The van der Waals surface area contributed by atoms with Crippen LogP contribution in [0.25, 0.3) is 73.1 Å². The average Bonchev–Trinajstić information content (AvgIpc) is 1.45. The molecule has 0 N–H and O–H groups in total. The molecule has 12 aliphatic heterocycles. The lowest BCUT2D eigenvalue weighted by molar-refractivity contribution is 0.689. The summed E-state index contributed by atoms with van der Waals surface area (Å²) in [7, 11) is 0. The second-order valence-corrected chi connectivity index (χ2v) is 39.7. The molecule has 6 atom stereocenters. The summed E-state index contributed by atoms with van der Waals surface area (Å²) in [5, 5.41) is 0. The summed E-state index contributed by atoms with van der Waals surface area (Å²) in [6.45, 7) is 0. The van der Waals surface area contributed by atoms with E-state index >= 15 is 0 Å². The number of hydrogen-bond donors (Lipinski definition) is 0. The molecule has 0 radical (unpaired) electrons. The first-order valence-corrected chi connectivity index (χ1v) is 50.9. The van der Waals surface area contributed by atoms with E-state index in [1.165, 1.54) is 237 Å². The van der Waals surface area contributed by atoms with Crippen LogP contribution in [0.2, 0.25) is 0 Å². The van der Waals surface area contributed by atoms with Crippen molar-refractivity contribution in [3.05, 3.63) is 592 Å². The van der Waals surface area contributed by atoms with Crippen molar-refractivity contribution in [3.63, 3.8) is 0 Å². The maximum absolute atomic E-state index is 2.56. The Kier molecular flexibility index (Phi) is 17.8. The molecule has 0 bridgehead atoms. The number of aromatic nitrogens is 6. The van der Waals surface area contributed by atoms with Gasteiger partial charge in [-0.2, -0.15) is 0 Å². The van der Waals surface area contributed by atoms with E-state index in [1.54, 1.807) is 0 Å². The molecule has 36 rings (SSSR count). The van der Waals surface area contributed by atoms with Gasteiger partial charge in [-0.3, -0.25) is 0 Å². The van der Waals surface area contributed by atoms with Crippen LogP contribution in [-0.4, -0.2) is 27.4 Å². The van der Waals surface area contributed by atoms with Crippen LogP contribution in [0.1, 0.15) is 159 Å². The molecule has 144 heavy (non-hydrogen) atoms. The molecule has 18 heterocycles. The zero-order valence-electron chi connectivity index (χ0n) is 79.1. The molecule has 12 nitrogen and oxygen atoms in total. The topological polar surface area (TPSA) is 49.0 Å². The van der Waals surface area contributed by atoms with Crippen molar-refractivity contribution in [3.8, 4) is 39.6 Å². The standard InChI is InChI=1S/6C22H16N2/c2*1-2-10-18-16(7-1)15-8-5-9-17(15)22-21-13-6-14-23(21)19-11-3-4-12-20(19)24(18)22;1-2-9-17-15(7-1)16-8-3-4-10-18(16)24-20-12-5-11-19(20)23-14-6-13-21(23)22(17)24;3*1-2-8-17-15(7-1)16-9-5-12-18(16)24-20-11-4-3-10-19(20)23-14-6-13-21(23)22(17)24/h1-4,6-14,22H,5H2;1-7,9-14,22H,8H2;1-11,13-14,22H,12H2;1-4,6-14,22H,5H2;1-8,10-14,22H,9H2;1-11,13-14,22H,12H2. The minimum absolute atomic E-state index is 0.243. The van der Waals surface area contributed by atoms with Gasteiger partial charge >= 0.3 is 0 Å². The van der Waals surface area contributed by atoms with Gasteiger partial charge < -0.3 is 56.8 Å². The summed E-state index contributed by atoms with van der Waals surface area (Å²) >= 11 is 0. The molecule has 6 aliphatic carbocycles. The maximum atomic E-state index is 2.56. The van der Waals surface area contributed by atoms with Gasteiger partial charge in [0, 0.05) is 112 Å². The Hall–Kier alpha value is -18.0. The number of hydrogen-bond acceptors (Lipinski definition) is 6. The molecule has 0 fully saturated rings. The lowest BCUT2D eigenvalue weighted by atomic mass is 9.84. The molecule has 6 aromatic heterocycles. The highest BCUT2D eigenvalue weighted by molar-refractivity contribution is 6.00. The Morgan fingerprint density at radius 3 is 1.12 bits per heavy atom. The van der Waals surface area contributed by atoms with Gasteiger partial charge in [0.15, 0.2) is 0 Å². The number of benzene rings is 12. The molecule has 12 aromatic carbocycles. The maximum Gasteiger partial charge on any atom is 0.100 e. The molecule has 18 aromatic rings. The van der Waals surface area contributed by atoms with Crippen LogP contribution in [0.5, 0.6) is 0 Å². The number of para-hydroxylation sites is 13. The summed E-state index contributed by atoms with van der Waals surface area (Å²) in [5.41, 5.74) is 56.9. The van der Waals surface area contributed by atoms with E-state index in [1.807, 2.05) is 0 Å². The molecule has 0 amide bonds. The Morgan fingerprint density at radius 2 is 0.542 bits per heavy atom. The van der Waals surface area contributed by atoms with Gasteiger partial charge in [-0.1, -0.05) is 273 Å². The van der Waals surface area contributed by atoms with Crippen LogP contribution in [0.3, 0.4) is 0 Å². The highest BCUT2D eigenvalue weighted by atomic mass is 15.3. The third-order valence-corrected chi connectivity index (χ3v) is 32.7. The number of rotatable bonds is 0. The quantitative estimate of drug-likeness (QED) is 0.151. The fraction of sp³-hybridized carbons (Fsp3) is 0.0909. The van der Waals surface area contributed by atoms with Crippen molar-refractivity contribution in [1.82, 2.24) is 27.4 Å². The first-order valence-electron chi connectivity index (χ1n) is 50.9. The second kappa shape index (κ2) is 31.8. The van der Waals surface area contributed by atoms with Gasteiger partial charge in [-0.15, -0.1) is 0 Å². The van der Waals surface area contributed by atoms with Crippen molar-refractivity contribution in [2.45, 2.75) is 74.8 Å². The van der Waals surface area contributed by atoms with Gasteiger partial charge in [-0.05, 0) is 262 Å². The van der Waals surface area contributed by atoms with E-state index in [9.17, 15) is 0 Å². The van der Waals surface area contributed by atoms with Crippen molar-refractivity contribution in [2.24, 2.45) is 0 Å². The highest BCUT2D eigenvalue weighted by Gasteiger charge is 2.49.